The van der Waals surface area contributed by atoms with Gasteiger partial charge in [-0.2, -0.15) is 0 Å². The number of benzene rings is 1. The molecule has 7 nitrogen and oxygen atoms in total. The van der Waals surface area contributed by atoms with Crippen molar-refractivity contribution in [2.45, 2.75) is 32.2 Å². The van der Waals surface area contributed by atoms with Gasteiger partial charge >= 0.3 is 5.97 Å². The lowest BCUT2D eigenvalue weighted by atomic mass is 9.92. The molecule has 2 heterocycles. The molecular weight excluding hydrogens is 384 g/mol. The standard InChI is InChI=1S/C23H30N2O5/c1-5-15-6-7-18(24-14-15)21(25-10-8-16(9-11-25)23(26)27)17-12-19(28-2)22(30-4)20(13-17)29-3/h6-7,12-14,16,21H,5,8-11H2,1-4H3,(H,26,27). The van der Waals surface area contributed by atoms with E-state index in [4.69, 9.17) is 19.2 Å². The van der Waals surface area contributed by atoms with E-state index in [2.05, 4.69) is 24.0 Å². The second-order valence-corrected chi connectivity index (χ2v) is 7.45. The van der Waals surface area contributed by atoms with Crippen LogP contribution in [0.4, 0.5) is 0 Å². The number of carboxylic acids is 1. The molecule has 0 aliphatic carbocycles. The number of piperidine rings is 1. The highest BCUT2D eigenvalue weighted by Crippen LogP contribution is 2.42. The summed E-state index contributed by atoms with van der Waals surface area (Å²) < 4.78 is 16.6. The van der Waals surface area contributed by atoms with Crippen molar-refractivity contribution in [2.75, 3.05) is 34.4 Å². The molecule has 2 aromatic rings. The molecule has 0 spiro atoms. The third-order valence-electron chi connectivity index (χ3n) is 5.78. The number of aryl methyl sites for hydroxylation is 1. The first kappa shape index (κ1) is 21.9. The molecule has 7 heteroatoms. The van der Waals surface area contributed by atoms with E-state index in [1.165, 1.54) is 5.56 Å². The van der Waals surface area contributed by atoms with Gasteiger partial charge in [-0.05, 0) is 61.7 Å². The number of pyridine rings is 1. The Morgan fingerprint density at radius 2 is 1.77 bits per heavy atom. The normalized spacial score (nSPS) is 16.1. The van der Waals surface area contributed by atoms with E-state index in [1.807, 2.05) is 18.3 Å². The van der Waals surface area contributed by atoms with Gasteiger partial charge in [-0.25, -0.2) is 0 Å². The fourth-order valence-corrected chi connectivity index (χ4v) is 4.04. The Morgan fingerprint density at radius 3 is 2.20 bits per heavy atom. The van der Waals surface area contributed by atoms with Crippen molar-refractivity contribution in [3.8, 4) is 17.2 Å². The number of hydrogen-bond acceptors (Lipinski definition) is 6. The van der Waals surface area contributed by atoms with Crippen LogP contribution < -0.4 is 14.2 Å². The van der Waals surface area contributed by atoms with Gasteiger partial charge in [0, 0.05) is 6.20 Å². The summed E-state index contributed by atoms with van der Waals surface area (Å²) in [5.74, 6) is 0.702. The van der Waals surface area contributed by atoms with Crippen LogP contribution in [0.2, 0.25) is 0 Å². The van der Waals surface area contributed by atoms with E-state index in [9.17, 15) is 9.90 Å². The SMILES string of the molecule is CCc1ccc(C(c2cc(OC)c(OC)c(OC)c2)N2CCC(C(=O)O)CC2)nc1. The number of hydrogen-bond donors (Lipinski definition) is 1. The van der Waals surface area contributed by atoms with Crippen LogP contribution in [-0.2, 0) is 11.2 Å². The Morgan fingerprint density at radius 1 is 1.13 bits per heavy atom. The van der Waals surface area contributed by atoms with Crippen LogP contribution in [0.3, 0.4) is 0 Å². The second-order valence-electron chi connectivity index (χ2n) is 7.45. The van der Waals surface area contributed by atoms with Crippen molar-refractivity contribution in [2.24, 2.45) is 5.92 Å². The molecular formula is C23H30N2O5. The number of carbonyl (C=O) groups is 1. The Kier molecular flexibility index (Phi) is 7.15. The maximum absolute atomic E-state index is 11.4. The van der Waals surface area contributed by atoms with Crippen molar-refractivity contribution in [1.82, 2.24) is 9.88 Å². The number of nitrogens with zero attached hydrogens (tertiary/aromatic N) is 2. The summed E-state index contributed by atoms with van der Waals surface area (Å²) in [6.45, 7) is 3.45. The van der Waals surface area contributed by atoms with Gasteiger partial charge < -0.3 is 19.3 Å². The molecule has 1 aromatic carbocycles. The Balaban J connectivity index is 2.04. The average Bonchev–Trinajstić information content (AvgIpc) is 2.79. The summed E-state index contributed by atoms with van der Waals surface area (Å²) in [6, 6.07) is 7.90. The second kappa shape index (κ2) is 9.80. The molecule has 1 unspecified atom stereocenters. The lowest BCUT2D eigenvalue weighted by Crippen LogP contribution is -2.39. The molecule has 0 radical (unpaired) electrons. The van der Waals surface area contributed by atoms with Gasteiger partial charge in [0.05, 0.1) is 39.0 Å². The molecule has 1 saturated heterocycles. The lowest BCUT2D eigenvalue weighted by molar-refractivity contribution is -0.143. The summed E-state index contributed by atoms with van der Waals surface area (Å²) in [4.78, 5) is 18.4. The number of rotatable bonds is 8. The molecule has 1 aliphatic heterocycles. The van der Waals surface area contributed by atoms with E-state index in [-0.39, 0.29) is 12.0 Å². The van der Waals surface area contributed by atoms with Crippen molar-refractivity contribution >= 4 is 5.97 Å². The zero-order chi connectivity index (χ0) is 21.7. The van der Waals surface area contributed by atoms with Gasteiger partial charge in [0.2, 0.25) is 5.75 Å². The molecule has 1 aromatic heterocycles. The summed E-state index contributed by atoms with van der Waals surface area (Å²) in [5.41, 5.74) is 3.05. The fraction of sp³-hybridized carbons (Fsp3) is 0.478. The number of methoxy groups -OCH3 is 3. The first-order chi connectivity index (χ1) is 14.5. The van der Waals surface area contributed by atoms with Crippen molar-refractivity contribution in [3.63, 3.8) is 0 Å². The average molecular weight is 415 g/mol. The highest BCUT2D eigenvalue weighted by molar-refractivity contribution is 5.70. The van der Waals surface area contributed by atoms with Gasteiger partial charge in [0.15, 0.2) is 11.5 Å². The van der Waals surface area contributed by atoms with Gasteiger partial charge in [0.1, 0.15) is 0 Å². The van der Waals surface area contributed by atoms with Crippen molar-refractivity contribution in [1.29, 1.82) is 0 Å². The maximum Gasteiger partial charge on any atom is 0.306 e. The molecule has 1 fully saturated rings. The monoisotopic (exact) mass is 414 g/mol. The summed E-state index contributed by atoms with van der Waals surface area (Å²) in [6.07, 6.45) is 4.06. The number of aromatic nitrogens is 1. The highest BCUT2D eigenvalue weighted by Gasteiger charge is 2.32. The molecule has 3 rings (SSSR count). The van der Waals surface area contributed by atoms with E-state index < -0.39 is 5.97 Å². The molecule has 0 saturated carbocycles. The third-order valence-corrected chi connectivity index (χ3v) is 5.78. The summed E-state index contributed by atoms with van der Waals surface area (Å²) in [5, 5.41) is 9.37. The summed E-state index contributed by atoms with van der Waals surface area (Å²) >= 11 is 0. The number of ether oxygens (including phenoxy) is 3. The van der Waals surface area contributed by atoms with Crippen LogP contribution in [0.15, 0.2) is 30.5 Å². The topological polar surface area (TPSA) is 81.1 Å². The predicted octanol–water partition coefficient (Wildman–Crippen LogP) is 3.56. The van der Waals surface area contributed by atoms with Crippen LogP contribution in [0.25, 0.3) is 0 Å². The third kappa shape index (κ3) is 4.51. The molecule has 1 atom stereocenters. The number of aliphatic carboxylic acids is 1. The largest absolute Gasteiger partial charge is 0.493 e. The fourth-order valence-electron chi connectivity index (χ4n) is 4.04. The minimum Gasteiger partial charge on any atom is -0.493 e. The van der Waals surface area contributed by atoms with E-state index in [0.717, 1.165) is 17.7 Å². The molecule has 1 aliphatic rings. The summed E-state index contributed by atoms with van der Waals surface area (Å²) in [7, 11) is 4.78. The van der Waals surface area contributed by atoms with Gasteiger partial charge in [-0.15, -0.1) is 0 Å². The number of carboxylic acid groups (broad SMARTS) is 1. The molecule has 0 amide bonds. The highest BCUT2D eigenvalue weighted by atomic mass is 16.5. The smallest absolute Gasteiger partial charge is 0.306 e. The first-order valence-corrected chi connectivity index (χ1v) is 10.2. The molecule has 30 heavy (non-hydrogen) atoms. The van der Waals surface area contributed by atoms with E-state index in [1.54, 1.807) is 21.3 Å². The predicted molar refractivity (Wildman–Crippen MR) is 113 cm³/mol. The zero-order valence-electron chi connectivity index (χ0n) is 18.1. The minimum atomic E-state index is -0.718. The molecule has 162 valence electrons. The zero-order valence-corrected chi connectivity index (χ0v) is 18.1. The van der Waals surface area contributed by atoms with Gasteiger partial charge in [-0.1, -0.05) is 13.0 Å². The van der Waals surface area contributed by atoms with Crippen LogP contribution in [0.5, 0.6) is 17.2 Å². The maximum atomic E-state index is 11.4. The van der Waals surface area contributed by atoms with Crippen LogP contribution >= 0.6 is 0 Å². The van der Waals surface area contributed by atoms with Crippen molar-refractivity contribution in [3.05, 3.63) is 47.3 Å². The van der Waals surface area contributed by atoms with E-state index in [0.29, 0.717) is 43.2 Å². The Labute approximate surface area is 177 Å². The quantitative estimate of drug-likeness (QED) is 0.707. The Bertz CT molecular complexity index is 835. The van der Waals surface area contributed by atoms with Crippen LogP contribution in [-0.4, -0.2) is 55.4 Å². The van der Waals surface area contributed by atoms with Gasteiger partial charge in [-0.3, -0.25) is 14.7 Å². The lowest BCUT2D eigenvalue weighted by Gasteiger charge is -2.36. The van der Waals surface area contributed by atoms with Gasteiger partial charge in [0.25, 0.3) is 0 Å². The van der Waals surface area contributed by atoms with Crippen LogP contribution in [0.1, 0.15) is 42.6 Å². The molecule has 1 N–H and O–H groups in total. The van der Waals surface area contributed by atoms with E-state index >= 15 is 0 Å². The number of likely N-dealkylation sites (tertiary alicyclic amines) is 1. The first-order valence-electron chi connectivity index (χ1n) is 10.2. The Hall–Kier alpha value is -2.80. The van der Waals surface area contributed by atoms with Crippen molar-refractivity contribution < 1.29 is 24.1 Å². The van der Waals surface area contributed by atoms with Crippen LogP contribution in [0, 0.1) is 5.92 Å². The molecule has 0 bridgehead atoms. The minimum absolute atomic E-state index is 0.139.